The molecule has 2 fully saturated rings. The van der Waals surface area contributed by atoms with Crippen molar-refractivity contribution in [3.8, 4) is 0 Å². The second kappa shape index (κ2) is 12.2. The van der Waals surface area contributed by atoms with Crippen LogP contribution in [0, 0.1) is 0 Å². The van der Waals surface area contributed by atoms with Crippen LogP contribution in [0.25, 0.3) is 0 Å². The molecule has 9 heteroatoms. The van der Waals surface area contributed by atoms with E-state index >= 15 is 0 Å². The van der Waals surface area contributed by atoms with E-state index in [4.69, 9.17) is 9.73 Å². The van der Waals surface area contributed by atoms with Crippen molar-refractivity contribution >= 4 is 35.8 Å². The summed E-state index contributed by atoms with van der Waals surface area (Å²) in [6, 6.07) is 10.4. The number of imidazole rings is 1. The van der Waals surface area contributed by atoms with Gasteiger partial charge in [-0.2, -0.15) is 0 Å². The lowest BCUT2D eigenvalue weighted by Crippen LogP contribution is -2.55. The fraction of sp³-hybridized carbons (Fsp3) is 0.522. The number of carbonyl (C=O) groups excluding carboxylic acids is 1. The molecule has 3 heterocycles. The van der Waals surface area contributed by atoms with Crippen LogP contribution in [-0.2, 0) is 22.6 Å². The minimum atomic E-state index is -0.239. The Kier molecular flexibility index (Phi) is 9.34. The predicted molar refractivity (Wildman–Crippen MR) is 135 cm³/mol. The number of hydrogen-bond acceptors (Lipinski definition) is 4. The zero-order chi connectivity index (χ0) is 21.5. The topological polar surface area (TPSA) is 75.0 Å². The summed E-state index contributed by atoms with van der Waals surface area (Å²) in [5.41, 5.74) is 1.24. The maximum Gasteiger partial charge on any atom is 0.251 e. The van der Waals surface area contributed by atoms with Gasteiger partial charge in [0.05, 0.1) is 0 Å². The Morgan fingerprint density at radius 2 is 1.94 bits per heavy atom. The van der Waals surface area contributed by atoms with Gasteiger partial charge in [0.2, 0.25) is 0 Å². The number of hydrogen-bond donors (Lipinski definition) is 1. The zero-order valence-corrected chi connectivity index (χ0v) is 21.0. The number of benzene rings is 1. The first-order valence-corrected chi connectivity index (χ1v) is 11.2. The van der Waals surface area contributed by atoms with Gasteiger partial charge in [-0.25, -0.2) is 9.98 Å². The molecule has 1 N–H and O–H groups in total. The van der Waals surface area contributed by atoms with Crippen molar-refractivity contribution in [1.82, 2.24) is 24.7 Å². The number of aliphatic imine (C=N–C) groups is 1. The third kappa shape index (κ3) is 6.22. The molecule has 2 aliphatic heterocycles. The summed E-state index contributed by atoms with van der Waals surface area (Å²) in [4.78, 5) is 26.1. The normalized spacial score (nSPS) is 19.0. The Balaban J connectivity index is 0.00000289. The molecule has 32 heavy (non-hydrogen) atoms. The molecule has 2 aliphatic rings. The monoisotopic (exact) mass is 552 g/mol. The van der Waals surface area contributed by atoms with Crippen molar-refractivity contribution in [2.45, 2.75) is 39.0 Å². The molecule has 1 unspecified atom stereocenters. The number of ether oxygens (including phenoxy) is 1. The van der Waals surface area contributed by atoms with Crippen LogP contribution < -0.4 is 5.32 Å². The molecule has 174 valence electrons. The summed E-state index contributed by atoms with van der Waals surface area (Å²) in [6.45, 7) is 7.80. The van der Waals surface area contributed by atoms with Gasteiger partial charge in [0.25, 0.3) is 5.91 Å². The van der Waals surface area contributed by atoms with E-state index in [1.165, 1.54) is 5.56 Å². The molecular formula is C23H33IN6O2. The van der Waals surface area contributed by atoms with Gasteiger partial charge in [0.1, 0.15) is 18.5 Å². The highest BCUT2D eigenvalue weighted by molar-refractivity contribution is 14.0. The Hall–Kier alpha value is -2.14. The quantitative estimate of drug-likeness (QED) is 0.339. The molecule has 0 aliphatic carbocycles. The van der Waals surface area contributed by atoms with Crippen molar-refractivity contribution in [2.75, 3.05) is 39.3 Å². The number of piperazine rings is 1. The van der Waals surface area contributed by atoms with Gasteiger partial charge in [-0.3, -0.25) is 4.79 Å². The predicted octanol–water partition coefficient (Wildman–Crippen LogP) is 2.34. The van der Waals surface area contributed by atoms with E-state index in [0.717, 1.165) is 50.8 Å². The first kappa shape index (κ1) is 24.5. The van der Waals surface area contributed by atoms with Crippen LogP contribution in [0.15, 0.2) is 47.7 Å². The molecule has 2 saturated heterocycles. The van der Waals surface area contributed by atoms with E-state index in [2.05, 4.69) is 51.0 Å². The Bertz CT molecular complexity index is 874. The lowest BCUT2D eigenvalue weighted by atomic mass is 10.2. The summed E-state index contributed by atoms with van der Waals surface area (Å²) < 4.78 is 7.70. The molecule has 0 saturated carbocycles. The number of nitrogens with one attached hydrogen (secondary N) is 1. The SMILES string of the molecule is CCNC(=NCc1nccn1Cc1ccccc1)N1CCN(C(=O)C2CCCO2)CC1.I. The van der Waals surface area contributed by atoms with Crippen molar-refractivity contribution in [2.24, 2.45) is 4.99 Å². The minimum Gasteiger partial charge on any atom is -0.368 e. The highest BCUT2D eigenvalue weighted by Crippen LogP contribution is 2.16. The molecule has 1 atom stereocenters. The molecule has 8 nitrogen and oxygen atoms in total. The van der Waals surface area contributed by atoms with Gasteiger partial charge in [-0.1, -0.05) is 30.3 Å². The largest absolute Gasteiger partial charge is 0.368 e. The number of aromatic nitrogens is 2. The average molecular weight is 552 g/mol. The number of carbonyl (C=O) groups is 1. The van der Waals surface area contributed by atoms with Crippen molar-refractivity contribution in [1.29, 1.82) is 0 Å². The maximum atomic E-state index is 12.6. The van der Waals surface area contributed by atoms with Gasteiger partial charge >= 0.3 is 0 Å². The summed E-state index contributed by atoms with van der Waals surface area (Å²) in [5, 5.41) is 3.39. The molecule has 2 aromatic rings. The van der Waals surface area contributed by atoms with Crippen LogP contribution in [0.2, 0.25) is 0 Å². The fourth-order valence-corrected chi connectivity index (χ4v) is 4.10. The first-order chi connectivity index (χ1) is 15.2. The van der Waals surface area contributed by atoms with E-state index in [1.54, 1.807) is 0 Å². The highest BCUT2D eigenvalue weighted by atomic mass is 127. The summed E-state index contributed by atoms with van der Waals surface area (Å²) in [7, 11) is 0. The molecule has 0 radical (unpaired) electrons. The van der Waals surface area contributed by atoms with E-state index in [0.29, 0.717) is 26.2 Å². The number of rotatable bonds is 6. The van der Waals surface area contributed by atoms with Crippen LogP contribution in [0.4, 0.5) is 0 Å². The minimum absolute atomic E-state index is 0. The molecular weight excluding hydrogens is 519 g/mol. The van der Waals surface area contributed by atoms with Crippen LogP contribution >= 0.6 is 24.0 Å². The summed E-state index contributed by atoms with van der Waals surface area (Å²) in [6.07, 6.45) is 5.42. The molecule has 1 aromatic carbocycles. The highest BCUT2D eigenvalue weighted by Gasteiger charge is 2.30. The molecule has 1 amide bonds. The number of halogens is 1. The Morgan fingerprint density at radius 3 is 2.62 bits per heavy atom. The average Bonchev–Trinajstić information content (AvgIpc) is 3.50. The third-order valence-corrected chi connectivity index (χ3v) is 5.80. The number of guanidine groups is 1. The lowest BCUT2D eigenvalue weighted by molar-refractivity contribution is -0.142. The second-order valence-electron chi connectivity index (χ2n) is 7.94. The lowest BCUT2D eigenvalue weighted by Gasteiger charge is -2.37. The number of amides is 1. The first-order valence-electron chi connectivity index (χ1n) is 11.2. The standard InChI is InChI=1S/C23H32N6O2.HI/c1-2-24-23(28-14-12-27(13-15-28)22(30)20-9-6-16-31-20)26-17-21-25-10-11-29(21)18-19-7-4-3-5-8-19;/h3-5,7-8,10-11,20H,2,6,9,12-18H2,1H3,(H,24,26);1H. The Labute approximate surface area is 207 Å². The molecule has 4 rings (SSSR count). The van der Waals surface area contributed by atoms with Gasteiger partial charge in [-0.05, 0) is 25.3 Å². The zero-order valence-electron chi connectivity index (χ0n) is 18.7. The number of nitrogens with zero attached hydrogens (tertiary/aromatic N) is 5. The van der Waals surface area contributed by atoms with Crippen molar-refractivity contribution < 1.29 is 9.53 Å². The van der Waals surface area contributed by atoms with Crippen LogP contribution in [0.3, 0.4) is 0 Å². The van der Waals surface area contributed by atoms with Crippen molar-refractivity contribution in [3.63, 3.8) is 0 Å². The van der Waals surface area contributed by atoms with Gasteiger partial charge in [0.15, 0.2) is 5.96 Å². The van der Waals surface area contributed by atoms with E-state index in [1.807, 2.05) is 23.4 Å². The van der Waals surface area contributed by atoms with E-state index < -0.39 is 0 Å². The maximum absolute atomic E-state index is 12.6. The van der Waals surface area contributed by atoms with Crippen LogP contribution in [0.1, 0.15) is 31.2 Å². The summed E-state index contributed by atoms with van der Waals surface area (Å²) >= 11 is 0. The van der Waals surface area contributed by atoms with Gasteiger partial charge < -0.3 is 24.4 Å². The Morgan fingerprint density at radius 1 is 1.19 bits per heavy atom. The smallest absolute Gasteiger partial charge is 0.251 e. The second-order valence-corrected chi connectivity index (χ2v) is 7.94. The summed E-state index contributed by atoms with van der Waals surface area (Å²) in [5.74, 6) is 1.95. The molecule has 0 spiro atoms. The van der Waals surface area contributed by atoms with Crippen LogP contribution in [0.5, 0.6) is 0 Å². The fourth-order valence-electron chi connectivity index (χ4n) is 4.10. The van der Waals surface area contributed by atoms with E-state index in [-0.39, 0.29) is 36.0 Å². The van der Waals surface area contributed by atoms with Crippen LogP contribution in [-0.4, -0.2) is 76.7 Å². The van der Waals surface area contributed by atoms with E-state index in [9.17, 15) is 4.79 Å². The van der Waals surface area contributed by atoms with Gasteiger partial charge in [0, 0.05) is 58.3 Å². The third-order valence-electron chi connectivity index (χ3n) is 5.80. The molecule has 1 aromatic heterocycles. The van der Waals surface area contributed by atoms with Crippen molar-refractivity contribution in [3.05, 3.63) is 54.1 Å². The molecule has 0 bridgehead atoms. The van der Waals surface area contributed by atoms with Gasteiger partial charge in [-0.15, -0.1) is 24.0 Å².